The van der Waals surface area contributed by atoms with Crippen molar-refractivity contribution in [3.05, 3.63) is 0 Å². The molecule has 0 N–H and O–H groups in total. The lowest BCUT2D eigenvalue weighted by atomic mass is 10.2. The van der Waals surface area contributed by atoms with Crippen LogP contribution in [0.25, 0.3) is 0 Å². The predicted octanol–water partition coefficient (Wildman–Crippen LogP) is 1.80. The van der Waals surface area contributed by atoms with Gasteiger partial charge in [0.05, 0.1) is 19.3 Å². The highest BCUT2D eigenvalue weighted by Crippen LogP contribution is 2.10. The van der Waals surface area contributed by atoms with E-state index in [0.717, 1.165) is 24.7 Å². The summed E-state index contributed by atoms with van der Waals surface area (Å²) in [7, 11) is 0. The second-order valence-corrected chi connectivity index (χ2v) is 4.45. The number of unbranched alkanes of at least 4 members (excludes halogenated alkanes) is 1. The van der Waals surface area contributed by atoms with E-state index in [9.17, 15) is 4.79 Å². The third kappa shape index (κ3) is 3.58. The highest BCUT2D eigenvalue weighted by atomic mass is 79.9. The minimum Gasteiger partial charge on any atom is -0.377 e. The van der Waals surface area contributed by atoms with Crippen molar-refractivity contribution in [2.24, 2.45) is 0 Å². The second-order valence-electron chi connectivity index (χ2n) is 3.66. The maximum absolute atomic E-state index is 11.7. The van der Waals surface area contributed by atoms with E-state index < -0.39 is 0 Å². The number of morpholine rings is 1. The Kier molecular flexibility index (Phi) is 5.48. The summed E-state index contributed by atoms with van der Waals surface area (Å²) >= 11 is 3.36. The highest BCUT2D eigenvalue weighted by Gasteiger charge is 2.22. The van der Waals surface area contributed by atoms with Gasteiger partial charge in [0.25, 0.3) is 0 Å². The molecule has 82 valence electrons. The SMILES string of the molecule is CC1COCCN1C(=O)CCCCBr. The number of carbonyl (C=O) groups excluding carboxylic acids is 1. The first kappa shape index (κ1) is 12.0. The van der Waals surface area contributed by atoms with E-state index in [-0.39, 0.29) is 11.9 Å². The maximum Gasteiger partial charge on any atom is 0.222 e. The van der Waals surface area contributed by atoms with Crippen LogP contribution >= 0.6 is 15.9 Å². The van der Waals surface area contributed by atoms with E-state index in [4.69, 9.17) is 4.74 Å². The van der Waals surface area contributed by atoms with Crippen LogP contribution in [0.1, 0.15) is 26.2 Å². The number of nitrogens with zero attached hydrogens (tertiary/aromatic N) is 1. The molecule has 4 heteroatoms. The summed E-state index contributed by atoms with van der Waals surface area (Å²) in [5.74, 6) is 0.279. The molecular weight excluding hydrogens is 246 g/mol. The van der Waals surface area contributed by atoms with Gasteiger partial charge < -0.3 is 9.64 Å². The molecule has 0 aromatic heterocycles. The Labute approximate surface area is 93.9 Å². The first-order chi connectivity index (χ1) is 6.75. The molecule has 1 heterocycles. The van der Waals surface area contributed by atoms with Gasteiger partial charge in [-0.1, -0.05) is 15.9 Å². The average Bonchev–Trinajstić information content (AvgIpc) is 2.18. The quantitative estimate of drug-likeness (QED) is 0.572. The normalized spacial score (nSPS) is 22.4. The molecule has 1 saturated heterocycles. The van der Waals surface area contributed by atoms with E-state index in [0.29, 0.717) is 19.6 Å². The van der Waals surface area contributed by atoms with E-state index in [1.54, 1.807) is 0 Å². The summed E-state index contributed by atoms with van der Waals surface area (Å²) in [5, 5.41) is 0.985. The van der Waals surface area contributed by atoms with Crippen LogP contribution in [0.5, 0.6) is 0 Å². The summed E-state index contributed by atoms with van der Waals surface area (Å²) < 4.78 is 5.29. The molecule has 14 heavy (non-hydrogen) atoms. The van der Waals surface area contributed by atoms with Gasteiger partial charge in [-0.3, -0.25) is 4.79 Å². The first-order valence-corrected chi connectivity index (χ1v) is 6.31. The smallest absolute Gasteiger partial charge is 0.222 e. The molecule has 0 spiro atoms. The third-order valence-electron chi connectivity index (χ3n) is 2.46. The minimum absolute atomic E-state index is 0.250. The average molecular weight is 264 g/mol. The maximum atomic E-state index is 11.7. The second kappa shape index (κ2) is 6.40. The standard InChI is InChI=1S/C10H18BrNO2/c1-9-8-14-7-6-12(9)10(13)4-2-3-5-11/h9H,2-8H2,1H3. The molecule has 0 aliphatic carbocycles. The molecule has 1 fully saturated rings. The Morgan fingerprint density at radius 1 is 1.57 bits per heavy atom. The van der Waals surface area contributed by atoms with E-state index in [2.05, 4.69) is 15.9 Å². The molecule has 1 rings (SSSR count). The fraction of sp³-hybridized carbons (Fsp3) is 0.900. The van der Waals surface area contributed by atoms with Crippen molar-refractivity contribution >= 4 is 21.8 Å². The van der Waals surface area contributed by atoms with E-state index >= 15 is 0 Å². The van der Waals surface area contributed by atoms with Crippen molar-refractivity contribution in [3.63, 3.8) is 0 Å². The lowest BCUT2D eigenvalue weighted by molar-refractivity contribution is -0.139. The number of alkyl halides is 1. The third-order valence-corrected chi connectivity index (χ3v) is 3.02. The summed E-state index contributed by atoms with van der Waals surface area (Å²) in [5.41, 5.74) is 0. The Morgan fingerprint density at radius 2 is 2.36 bits per heavy atom. The van der Waals surface area contributed by atoms with Crippen LogP contribution in [0.4, 0.5) is 0 Å². The number of ether oxygens (including phenoxy) is 1. The molecule has 0 aromatic carbocycles. The van der Waals surface area contributed by atoms with Crippen LogP contribution in [0, 0.1) is 0 Å². The van der Waals surface area contributed by atoms with Gasteiger partial charge in [-0.15, -0.1) is 0 Å². The van der Waals surface area contributed by atoms with E-state index in [1.165, 1.54) is 0 Å². The summed E-state index contributed by atoms with van der Waals surface area (Å²) in [4.78, 5) is 13.7. The number of hydrogen-bond acceptors (Lipinski definition) is 2. The molecule has 1 aliphatic heterocycles. The molecule has 0 saturated carbocycles. The van der Waals surface area contributed by atoms with Crippen molar-refractivity contribution in [3.8, 4) is 0 Å². The zero-order valence-electron chi connectivity index (χ0n) is 8.67. The zero-order valence-corrected chi connectivity index (χ0v) is 10.3. The Hall–Kier alpha value is -0.0900. The van der Waals surface area contributed by atoms with Gasteiger partial charge in [0.15, 0.2) is 0 Å². The lowest BCUT2D eigenvalue weighted by Crippen LogP contribution is -2.47. The van der Waals surface area contributed by atoms with Gasteiger partial charge in [0, 0.05) is 18.3 Å². The van der Waals surface area contributed by atoms with Crippen molar-refractivity contribution < 1.29 is 9.53 Å². The molecule has 1 unspecified atom stereocenters. The number of carbonyl (C=O) groups is 1. The molecule has 0 aromatic rings. The van der Waals surface area contributed by atoms with Crippen molar-refractivity contribution in [2.45, 2.75) is 32.2 Å². The van der Waals surface area contributed by atoms with Gasteiger partial charge in [-0.05, 0) is 19.8 Å². The van der Waals surface area contributed by atoms with Crippen LogP contribution in [0.3, 0.4) is 0 Å². The van der Waals surface area contributed by atoms with Crippen LogP contribution in [0.2, 0.25) is 0 Å². The Bertz CT molecular complexity index is 187. The molecule has 0 radical (unpaired) electrons. The molecular formula is C10H18BrNO2. The predicted molar refractivity (Wildman–Crippen MR) is 59.6 cm³/mol. The van der Waals surface area contributed by atoms with Crippen LogP contribution in [0.15, 0.2) is 0 Å². The number of halogens is 1. The van der Waals surface area contributed by atoms with Gasteiger partial charge in [-0.25, -0.2) is 0 Å². The molecule has 1 amide bonds. The summed E-state index contributed by atoms with van der Waals surface area (Å²) in [6.45, 7) is 4.18. The van der Waals surface area contributed by atoms with Crippen LogP contribution in [-0.2, 0) is 9.53 Å². The number of hydrogen-bond donors (Lipinski definition) is 0. The molecule has 3 nitrogen and oxygen atoms in total. The summed E-state index contributed by atoms with van der Waals surface area (Å²) in [6, 6.07) is 0.250. The Balaban J connectivity index is 2.27. The topological polar surface area (TPSA) is 29.5 Å². The van der Waals surface area contributed by atoms with Gasteiger partial charge in [0.1, 0.15) is 0 Å². The monoisotopic (exact) mass is 263 g/mol. The van der Waals surface area contributed by atoms with Crippen LogP contribution < -0.4 is 0 Å². The van der Waals surface area contributed by atoms with Gasteiger partial charge >= 0.3 is 0 Å². The molecule has 1 aliphatic rings. The summed E-state index contributed by atoms with van der Waals surface area (Å²) in [6.07, 6.45) is 2.73. The lowest BCUT2D eigenvalue weighted by Gasteiger charge is -2.33. The zero-order chi connectivity index (χ0) is 10.4. The number of amides is 1. The minimum atomic E-state index is 0.250. The highest BCUT2D eigenvalue weighted by molar-refractivity contribution is 9.09. The molecule has 0 bridgehead atoms. The largest absolute Gasteiger partial charge is 0.377 e. The fourth-order valence-corrected chi connectivity index (χ4v) is 2.01. The van der Waals surface area contributed by atoms with Gasteiger partial charge in [-0.2, -0.15) is 0 Å². The first-order valence-electron chi connectivity index (χ1n) is 5.19. The van der Waals surface area contributed by atoms with E-state index in [1.807, 2.05) is 11.8 Å². The Morgan fingerprint density at radius 3 is 3.00 bits per heavy atom. The van der Waals surface area contributed by atoms with Gasteiger partial charge in [0.2, 0.25) is 5.91 Å². The molecule has 1 atom stereocenters. The van der Waals surface area contributed by atoms with Crippen LogP contribution in [-0.4, -0.2) is 41.9 Å². The van der Waals surface area contributed by atoms with Crippen molar-refractivity contribution in [2.75, 3.05) is 25.1 Å². The number of rotatable bonds is 4. The fourth-order valence-electron chi connectivity index (χ4n) is 1.61. The van der Waals surface area contributed by atoms with Crippen molar-refractivity contribution in [1.82, 2.24) is 4.90 Å². The van der Waals surface area contributed by atoms with Crippen molar-refractivity contribution in [1.29, 1.82) is 0 Å².